The number of rotatable bonds is 6. The van der Waals surface area contributed by atoms with Crippen LogP contribution in [-0.4, -0.2) is 46.9 Å². The first-order valence-corrected chi connectivity index (χ1v) is 5.88. The highest BCUT2D eigenvalue weighted by molar-refractivity contribution is 4.78. The topological polar surface area (TPSA) is 33.1 Å². The van der Waals surface area contributed by atoms with E-state index in [1.807, 2.05) is 23.1 Å². The maximum absolute atomic E-state index is 4.18. The Balaban J connectivity index is 2.09. The molecule has 0 unspecified atom stereocenters. The van der Waals surface area contributed by atoms with Crippen LogP contribution in [0.2, 0.25) is 0 Å². The molecule has 16 heavy (non-hydrogen) atoms. The molecule has 1 aromatic rings. The van der Waals surface area contributed by atoms with E-state index in [2.05, 4.69) is 43.1 Å². The van der Waals surface area contributed by atoms with Crippen molar-refractivity contribution in [2.24, 2.45) is 0 Å². The summed E-state index contributed by atoms with van der Waals surface area (Å²) in [5, 5.41) is 7.66. The summed E-state index contributed by atoms with van der Waals surface area (Å²) in [6.07, 6.45) is 3.82. The van der Waals surface area contributed by atoms with Crippen molar-refractivity contribution in [1.82, 2.24) is 20.0 Å². The summed E-state index contributed by atoms with van der Waals surface area (Å²) >= 11 is 0. The molecule has 1 N–H and O–H groups in total. The van der Waals surface area contributed by atoms with Crippen molar-refractivity contribution in [3.8, 4) is 0 Å². The van der Waals surface area contributed by atoms with Gasteiger partial charge in [0.05, 0.1) is 6.54 Å². The molecule has 0 aliphatic rings. The van der Waals surface area contributed by atoms with Crippen molar-refractivity contribution in [3.05, 3.63) is 18.5 Å². The van der Waals surface area contributed by atoms with Gasteiger partial charge in [0.2, 0.25) is 0 Å². The van der Waals surface area contributed by atoms with Crippen LogP contribution in [0, 0.1) is 0 Å². The highest BCUT2D eigenvalue weighted by Gasteiger charge is 2.08. The second-order valence-corrected chi connectivity index (χ2v) is 5.25. The Labute approximate surface area is 98.6 Å². The zero-order chi connectivity index (χ0) is 12.0. The van der Waals surface area contributed by atoms with Gasteiger partial charge in [-0.05, 0) is 33.9 Å². The van der Waals surface area contributed by atoms with Gasteiger partial charge in [-0.3, -0.25) is 4.68 Å². The Bertz CT molecular complexity index is 274. The molecule has 0 saturated carbocycles. The van der Waals surface area contributed by atoms with Gasteiger partial charge in [-0.2, -0.15) is 5.10 Å². The third kappa shape index (κ3) is 5.88. The molecule has 0 aromatic carbocycles. The summed E-state index contributed by atoms with van der Waals surface area (Å²) in [4.78, 5) is 2.32. The Hall–Kier alpha value is -0.870. The normalized spacial score (nSPS) is 12.3. The van der Waals surface area contributed by atoms with Crippen LogP contribution < -0.4 is 5.32 Å². The molecule has 0 aliphatic heterocycles. The van der Waals surface area contributed by atoms with Crippen molar-refractivity contribution in [2.75, 3.05) is 26.7 Å². The smallest absolute Gasteiger partial charge is 0.0536 e. The molecule has 0 saturated heterocycles. The van der Waals surface area contributed by atoms with Crippen molar-refractivity contribution in [1.29, 1.82) is 0 Å². The lowest BCUT2D eigenvalue weighted by molar-refractivity contribution is 0.294. The van der Waals surface area contributed by atoms with E-state index >= 15 is 0 Å². The molecule has 1 aromatic heterocycles. The second kappa shape index (κ2) is 6.01. The number of nitrogens with one attached hydrogen (secondary N) is 1. The minimum atomic E-state index is 0.211. The Kier molecular flexibility index (Phi) is 4.96. The number of likely N-dealkylation sites (N-methyl/N-ethyl adjacent to an activating group) is 1. The fourth-order valence-electron chi connectivity index (χ4n) is 1.44. The molecule has 92 valence electrons. The van der Waals surface area contributed by atoms with Crippen LogP contribution in [0.1, 0.15) is 20.8 Å². The van der Waals surface area contributed by atoms with E-state index in [0.717, 1.165) is 26.2 Å². The number of hydrogen-bond donors (Lipinski definition) is 1. The molecule has 0 fully saturated rings. The predicted molar refractivity (Wildman–Crippen MR) is 67.5 cm³/mol. The Morgan fingerprint density at radius 3 is 2.62 bits per heavy atom. The van der Waals surface area contributed by atoms with E-state index in [0.29, 0.717) is 0 Å². The SMILES string of the molecule is CN(CCNC(C)(C)C)CCn1cccn1. The monoisotopic (exact) mass is 224 g/mol. The van der Waals surface area contributed by atoms with Crippen molar-refractivity contribution < 1.29 is 0 Å². The average Bonchev–Trinajstić information content (AvgIpc) is 2.65. The van der Waals surface area contributed by atoms with E-state index in [1.54, 1.807) is 0 Å². The summed E-state index contributed by atoms with van der Waals surface area (Å²) in [5.74, 6) is 0. The molecule has 0 atom stereocenters. The summed E-state index contributed by atoms with van der Waals surface area (Å²) in [7, 11) is 2.15. The van der Waals surface area contributed by atoms with Gasteiger partial charge in [0.15, 0.2) is 0 Å². The maximum Gasteiger partial charge on any atom is 0.0536 e. The van der Waals surface area contributed by atoms with Crippen LogP contribution in [0.15, 0.2) is 18.5 Å². The summed E-state index contributed by atoms with van der Waals surface area (Å²) in [6.45, 7) is 10.7. The van der Waals surface area contributed by atoms with Crippen LogP contribution in [0.3, 0.4) is 0 Å². The second-order valence-electron chi connectivity index (χ2n) is 5.25. The minimum Gasteiger partial charge on any atom is -0.311 e. The molecule has 4 heteroatoms. The first-order valence-electron chi connectivity index (χ1n) is 5.88. The molecule has 0 bridgehead atoms. The summed E-state index contributed by atoms with van der Waals surface area (Å²) in [6, 6.07) is 1.96. The Morgan fingerprint density at radius 1 is 1.31 bits per heavy atom. The van der Waals surface area contributed by atoms with Gasteiger partial charge in [0.1, 0.15) is 0 Å². The zero-order valence-corrected chi connectivity index (χ0v) is 10.9. The fourth-order valence-corrected chi connectivity index (χ4v) is 1.44. The highest BCUT2D eigenvalue weighted by atomic mass is 15.3. The number of hydrogen-bond acceptors (Lipinski definition) is 3. The maximum atomic E-state index is 4.18. The lowest BCUT2D eigenvalue weighted by Gasteiger charge is -2.23. The van der Waals surface area contributed by atoms with Gasteiger partial charge in [-0.1, -0.05) is 0 Å². The molecular weight excluding hydrogens is 200 g/mol. The largest absolute Gasteiger partial charge is 0.311 e. The van der Waals surface area contributed by atoms with E-state index < -0.39 is 0 Å². The van der Waals surface area contributed by atoms with E-state index in [-0.39, 0.29) is 5.54 Å². The minimum absolute atomic E-state index is 0.211. The highest BCUT2D eigenvalue weighted by Crippen LogP contribution is 1.97. The fraction of sp³-hybridized carbons (Fsp3) is 0.750. The molecule has 4 nitrogen and oxygen atoms in total. The standard InChI is InChI=1S/C12H24N4/c1-12(2,3)13-7-9-15(4)10-11-16-8-5-6-14-16/h5-6,8,13H,7,9-11H2,1-4H3. The van der Waals surface area contributed by atoms with Crippen LogP contribution >= 0.6 is 0 Å². The van der Waals surface area contributed by atoms with Gasteiger partial charge < -0.3 is 10.2 Å². The van der Waals surface area contributed by atoms with Crippen molar-refractivity contribution >= 4 is 0 Å². The third-order valence-corrected chi connectivity index (χ3v) is 2.42. The van der Waals surface area contributed by atoms with Gasteiger partial charge in [0.25, 0.3) is 0 Å². The van der Waals surface area contributed by atoms with Gasteiger partial charge >= 0.3 is 0 Å². The zero-order valence-electron chi connectivity index (χ0n) is 10.9. The van der Waals surface area contributed by atoms with Crippen LogP contribution in [-0.2, 0) is 6.54 Å². The molecule has 0 spiro atoms. The van der Waals surface area contributed by atoms with E-state index in [4.69, 9.17) is 0 Å². The van der Waals surface area contributed by atoms with Gasteiger partial charge in [-0.25, -0.2) is 0 Å². The molecule has 1 rings (SSSR count). The first kappa shape index (κ1) is 13.2. The summed E-state index contributed by atoms with van der Waals surface area (Å²) < 4.78 is 1.97. The van der Waals surface area contributed by atoms with Crippen molar-refractivity contribution in [3.63, 3.8) is 0 Å². The van der Waals surface area contributed by atoms with Crippen molar-refractivity contribution in [2.45, 2.75) is 32.9 Å². The van der Waals surface area contributed by atoms with Crippen LogP contribution in [0.25, 0.3) is 0 Å². The van der Waals surface area contributed by atoms with Crippen LogP contribution in [0.5, 0.6) is 0 Å². The predicted octanol–water partition coefficient (Wildman–Crippen LogP) is 1.20. The van der Waals surface area contributed by atoms with Gasteiger partial charge in [-0.15, -0.1) is 0 Å². The quantitative estimate of drug-likeness (QED) is 0.788. The number of nitrogens with zero attached hydrogens (tertiary/aromatic N) is 3. The Morgan fingerprint density at radius 2 is 2.06 bits per heavy atom. The van der Waals surface area contributed by atoms with Crippen LogP contribution in [0.4, 0.5) is 0 Å². The third-order valence-electron chi connectivity index (χ3n) is 2.42. The molecular formula is C12H24N4. The average molecular weight is 224 g/mol. The first-order chi connectivity index (χ1) is 7.47. The lowest BCUT2D eigenvalue weighted by Crippen LogP contribution is -2.41. The van der Waals surface area contributed by atoms with E-state index in [1.165, 1.54) is 0 Å². The lowest BCUT2D eigenvalue weighted by atomic mass is 10.1. The molecule has 0 aliphatic carbocycles. The molecule has 0 amide bonds. The summed E-state index contributed by atoms with van der Waals surface area (Å²) in [5.41, 5.74) is 0.211. The molecule has 1 heterocycles. The van der Waals surface area contributed by atoms with Gasteiger partial charge in [0, 0.05) is 37.6 Å². The molecule has 0 radical (unpaired) electrons. The number of aromatic nitrogens is 2. The van der Waals surface area contributed by atoms with E-state index in [9.17, 15) is 0 Å².